The van der Waals surface area contributed by atoms with Crippen LogP contribution in [0.3, 0.4) is 0 Å². The van der Waals surface area contributed by atoms with Crippen LogP contribution in [0, 0.1) is 0 Å². The minimum atomic E-state index is -0.514. The molecule has 18 heavy (non-hydrogen) atoms. The minimum absolute atomic E-state index is 0.0174. The molecule has 0 saturated carbocycles. The number of benzene rings is 2. The molecule has 1 aliphatic rings. The molecule has 0 spiro atoms. The Morgan fingerprint density at radius 2 is 1.89 bits per heavy atom. The minimum Gasteiger partial charge on any atom is -0.291 e. The van der Waals surface area contributed by atoms with E-state index < -0.39 is 6.04 Å². The van der Waals surface area contributed by atoms with Crippen molar-refractivity contribution in [2.75, 3.05) is 0 Å². The van der Waals surface area contributed by atoms with Gasteiger partial charge in [0.25, 0.3) is 0 Å². The topological polar surface area (TPSA) is 41.8 Å². The summed E-state index contributed by atoms with van der Waals surface area (Å²) in [7, 11) is 0. The Balaban J connectivity index is 2.00. The standard InChI is InChI=1S/C14H9BrN2O/c15-10-6-7-12-11(8-10)13(17-16-12)14(18)9-4-2-1-3-5-9/h1-8,13H. The quantitative estimate of drug-likeness (QED) is 0.754. The first-order valence-corrected chi connectivity index (χ1v) is 6.34. The number of hydrogen-bond acceptors (Lipinski definition) is 3. The van der Waals surface area contributed by atoms with Gasteiger partial charge in [-0.15, -0.1) is 0 Å². The van der Waals surface area contributed by atoms with E-state index in [-0.39, 0.29) is 5.78 Å². The van der Waals surface area contributed by atoms with Crippen LogP contribution in [-0.2, 0) is 0 Å². The van der Waals surface area contributed by atoms with Crippen LogP contribution in [0.25, 0.3) is 0 Å². The zero-order valence-electron chi connectivity index (χ0n) is 9.38. The molecule has 1 atom stereocenters. The number of nitrogens with zero attached hydrogens (tertiary/aromatic N) is 2. The second-order valence-electron chi connectivity index (χ2n) is 4.05. The molecule has 0 fully saturated rings. The van der Waals surface area contributed by atoms with E-state index in [1.165, 1.54) is 0 Å². The molecule has 1 unspecified atom stereocenters. The molecule has 88 valence electrons. The number of Topliss-reactive ketones (excluding diaryl/α,β-unsaturated/α-hetero) is 1. The van der Waals surface area contributed by atoms with Crippen molar-refractivity contribution in [2.24, 2.45) is 10.2 Å². The van der Waals surface area contributed by atoms with Crippen molar-refractivity contribution in [1.82, 2.24) is 0 Å². The molecule has 1 heterocycles. The smallest absolute Gasteiger partial charge is 0.193 e. The van der Waals surface area contributed by atoms with Crippen molar-refractivity contribution >= 4 is 27.4 Å². The molecule has 0 N–H and O–H groups in total. The maximum absolute atomic E-state index is 12.4. The summed E-state index contributed by atoms with van der Waals surface area (Å²) in [5.74, 6) is -0.0174. The maximum Gasteiger partial charge on any atom is 0.193 e. The van der Waals surface area contributed by atoms with Crippen molar-refractivity contribution in [3.63, 3.8) is 0 Å². The summed E-state index contributed by atoms with van der Waals surface area (Å²) in [6.07, 6.45) is 0. The van der Waals surface area contributed by atoms with Crippen LogP contribution in [0.2, 0.25) is 0 Å². The van der Waals surface area contributed by atoms with Gasteiger partial charge in [-0.05, 0) is 18.2 Å². The Kier molecular flexibility index (Phi) is 2.80. The molecular weight excluding hydrogens is 292 g/mol. The predicted molar refractivity (Wildman–Crippen MR) is 72.2 cm³/mol. The number of azo groups is 1. The monoisotopic (exact) mass is 300 g/mol. The molecule has 0 bridgehead atoms. The van der Waals surface area contributed by atoms with Crippen LogP contribution in [0.4, 0.5) is 5.69 Å². The highest BCUT2D eigenvalue weighted by Crippen LogP contribution is 2.38. The van der Waals surface area contributed by atoms with E-state index in [4.69, 9.17) is 0 Å². The number of carbonyl (C=O) groups excluding carboxylic acids is 1. The van der Waals surface area contributed by atoms with Gasteiger partial charge in [-0.1, -0.05) is 46.3 Å². The fourth-order valence-electron chi connectivity index (χ4n) is 1.97. The number of fused-ring (bicyclic) bond motifs is 1. The van der Waals surface area contributed by atoms with Gasteiger partial charge >= 0.3 is 0 Å². The summed E-state index contributed by atoms with van der Waals surface area (Å²) in [4.78, 5) is 12.4. The van der Waals surface area contributed by atoms with Gasteiger partial charge in [0.2, 0.25) is 0 Å². The number of hydrogen-bond donors (Lipinski definition) is 0. The maximum atomic E-state index is 12.4. The average Bonchev–Trinajstić information content (AvgIpc) is 2.82. The molecular formula is C14H9BrN2O. The Bertz CT molecular complexity index is 637. The van der Waals surface area contributed by atoms with Gasteiger partial charge in [-0.25, -0.2) is 0 Å². The Morgan fingerprint density at radius 3 is 2.67 bits per heavy atom. The van der Waals surface area contributed by atoms with Crippen molar-refractivity contribution in [3.8, 4) is 0 Å². The number of rotatable bonds is 2. The highest BCUT2D eigenvalue weighted by Gasteiger charge is 2.28. The lowest BCUT2D eigenvalue weighted by atomic mass is 9.98. The summed E-state index contributed by atoms with van der Waals surface area (Å²) >= 11 is 3.40. The first-order chi connectivity index (χ1) is 8.75. The summed E-state index contributed by atoms with van der Waals surface area (Å²) < 4.78 is 0.930. The lowest BCUT2D eigenvalue weighted by Gasteiger charge is -2.07. The van der Waals surface area contributed by atoms with Crippen LogP contribution in [0.5, 0.6) is 0 Å². The lowest BCUT2D eigenvalue weighted by molar-refractivity contribution is 0.0962. The zero-order valence-corrected chi connectivity index (χ0v) is 11.0. The normalized spacial score (nSPS) is 16.6. The predicted octanol–water partition coefficient (Wildman–Crippen LogP) is 4.47. The first kappa shape index (κ1) is 11.3. The van der Waals surface area contributed by atoms with Crippen molar-refractivity contribution < 1.29 is 4.79 Å². The Morgan fingerprint density at radius 1 is 1.11 bits per heavy atom. The third-order valence-corrected chi connectivity index (χ3v) is 3.37. The van der Waals surface area contributed by atoms with E-state index in [1.54, 1.807) is 12.1 Å². The second kappa shape index (κ2) is 4.46. The van der Waals surface area contributed by atoms with Gasteiger partial charge in [0.15, 0.2) is 11.8 Å². The van der Waals surface area contributed by atoms with Crippen molar-refractivity contribution in [2.45, 2.75) is 6.04 Å². The van der Waals surface area contributed by atoms with Gasteiger partial charge in [-0.2, -0.15) is 10.2 Å². The summed E-state index contributed by atoms with van der Waals surface area (Å²) in [6.45, 7) is 0. The van der Waals surface area contributed by atoms with Crippen LogP contribution >= 0.6 is 15.9 Å². The number of halogens is 1. The fraction of sp³-hybridized carbons (Fsp3) is 0.0714. The zero-order chi connectivity index (χ0) is 12.5. The van der Waals surface area contributed by atoms with Crippen molar-refractivity contribution in [3.05, 3.63) is 64.1 Å². The summed E-state index contributed by atoms with van der Waals surface area (Å²) in [5.41, 5.74) is 2.29. The molecule has 0 aliphatic carbocycles. The molecule has 2 aromatic carbocycles. The third-order valence-electron chi connectivity index (χ3n) is 2.87. The third kappa shape index (κ3) is 1.88. The molecule has 1 aliphatic heterocycles. The summed E-state index contributed by atoms with van der Waals surface area (Å²) in [6, 6.07) is 14.3. The molecule has 0 aromatic heterocycles. The van der Waals surface area contributed by atoms with E-state index in [0.29, 0.717) is 5.56 Å². The average molecular weight is 301 g/mol. The van der Waals surface area contributed by atoms with Gasteiger partial charge in [0.1, 0.15) is 0 Å². The highest BCUT2D eigenvalue weighted by atomic mass is 79.9. The van der Waals surface area contributed by atoms with E-state index in [0.717, 1.165) is 15.7 Å². The lowest BCUT2D eigenvalue weighted by Crippen LogP contribution is -2.08. The van der Waals surface area contributed by atoms with Crippen LogP contribution in [-0.4, -0.2) is 5.78 Å². The SMILES string of the molecule is O=C(c1ccccc1)C1N=Nc2ccc(Br)cc21. The molecule has 0 amide bonds. The Hall–Kier alpha value is -1.81. The second-order valence-corrected chi connectivity index (χ2v) is 4.97. The van der Waals surface area contributed by atoms with Gasteiger partial charge in [0, 0.05) is 15.6 Å². The van der Waals surface area contributed by atoms with Gasteiger partial charge in [0.05, 0.1) is 5.69 Å². The van der Waals surface area contributed by atoms with Crippen LogP contribution in [0.1, 0.15) is 22.0 Å². The molecule has 3 rings (SSSR count). The molecule has 3 nitrogen and oxygen atoms in total. The van der Waals surface area contributed by atoms with E-state index in [1.807, 2.05) is 36.4 Å². The fourth-order valence-corrected chi connectivity index (χ4v) is 2.35. The largest absolute Gasteiger partial charge is 0.291 e. The molecule has 2 aromatic rings. The summed E-state index contributed by atoms with van der Waals surface area (Å²) in [5, 5.41) is 8.13. The number of carbonyl (C=O) groups is 1. The van der Waals surface area contributed by atoms with E-state index >= 15 is 0 Å². The first-order valence-electron chi connectivity index (χ1n) is 5.55. The van der Waals surface area contributed by atoms with E-state index in [2.05, 4.69) is 26.2 Å². The van der Waals surface area contributed by atoms with E-state index in [9.17, 15) is 4.79 Å². The molecule has 0 saturated heterocycles. The molecule has 0 radical (unpaired) electrons. The van der Waals surface area contributed by atoms with Crippen molar-refractivity contribution in [1.29, 1.82) is 0 Å². The highest BCUT2D eigenvalue weighted by molar-refractivity contribution is 9.10. The van der Waals surface area contributed by atoms with Gasteiger partial charge in [-0.3, -0.25) is 4.79 Å². The van der Waals surface area contributed by atoms with Crippen LogP contribution in [0.15, 0.2) is 63.2 Å². The Labute approximate surface area is 113 Å². The van der Waals surface area contributed by atoms with Gasteiger partial charge < -0.3 is 0 Å². The van der Waals surface area contributed by atoms with Crippen LogP contribution < -0.4 is 0 Å². The number of ketones is 1. The molecule has 4 heteroatoms.